The fourth-order valence-electron chi connectivity index (χ4n) is 3.66. The molecule has 2 fully saturated rings. The number of piperidine rings is 1. The minimum absolute atomic E-state index is 0.111. The van der Waals surface area contributed by atoms with Crippen molar-refractivity contribution >= 4 is 17.5 Å². The first-order chi connectivity index (χ1) is 12.7. The summed E-state index contributed by atoms with van der Waals surface area (Å²) in [6.45, 7) is 2.70. The van der Waals surface area contributed by atoms with Crippen molar-refractivity contribution in [3.8, 4) is 0 Å². The number of amides is 2. The molecule has 0 atom stereocenters. The van der Waals surface area contributed by atoms with Crippen LogP contribution in [0.1, 0.15) is 29.8 Å². The van der Waals surface area contributed by atoms with Crippen molar-refractivity contribution < 1.29 is 14.0 Å². The summed E-state index contributed by atoms with van der Waals surface area (Å²) in [6.07, 6.45) is 3.75. The molecule has 3 heterocycles. The molecule has 26 heavy (non-hydrogen) atoms. The number of para-hydroxylation sites is 1. The number of carbonyl (C=O) groups excluding carboxylic acids is 2. The standard InChI is InChI=1S/C20H23N3O3/c24-18(17-8-4-15-26-17)22-13-9-20(10-14-22,19(25)23-11-5-12-23)21-16-6-2-1-3-7-16/h1-4,6-8,15,21H,5,9-14H2. The molecule has 2 aliphatic rings. The van der Waals surface area contributed by atoms with Crippen molar-refractivity contribution in [2.24, 2.45) is 0 Å². The van der Waals surface area contributed by atoms with E-state index in [1.54, 1.807) is 17.0 Å². The number of carbonyl (C=O) groups is 2. The van der Waals surface area contributed by atoms with Crippen molar-refractivity contribution in [1.29, 1.82) is 0 Å². The van der Waals surface area contributed by atoms with Crippen molar-refractivity contribution in [3.05, 3.63) is 54.5 Å². The number of anilines is 1. The van der Waals surface area contributed by atoms with Gasteiger partial charge in [-0.25, -0.2) is 0 Å². The van der Waals surface area contributed by atoms with Crippen LogP contribution in [0.25, 0.3) is 0 Å². The Morgan fingerprint density at radius 2 is 1.65 bits per heavy atom. The molecule has 2 amide bonds. The van der Waals surface area contributed by atoms with Gasteiger partial charge in [-0.1, -0.05) is 18.2 Å². The van der Waals surface area contributed by atoms with Gasteiger partial charge < -0.3 is 19.5 Å². The van der Waals surface area contributed by atoms with E-state index in [9.17, 15) is 9.59 Å². The van der Waals surface area contributed by atoms with Crippen LogP contribution in [0.4, 0.5) is 5.69 Å². The Morgan fingerprint density at radius 3 is 2.23 bits per heavy atom. The van der Waals surface area contributed by atoms with Gasteiger partial charge in [0, 0.05) is 31.9 Å². The second-order valence-electron chi connectivity index (χ2n) is 6.99. The lowest BCUT2D eigenvalue weighted by Gasteiger charge is -2.46. The predicted molar refractivity (Wildman–Crippen MR) is 97.8 cm³/mol. The fraction of sp³-hybridized carbons (Fsp3) is 0.400. The SMILES string of the molecule is O=C(c1ccco1)N1CCC(Nc2ccccc2)(C(=O)N2CCC2)CC1. The molecule has 2 aromatic rings. The zero-order valence-electron chi connectivity index (χ0n) is 14.7. The van der Waals surface area contributed by atoms with Crippen molar-refractivity contribution in [2.45, 2.75) is 24.8 Å². The maximum Gasteiger partial charge on any atom is 0.289 e. The Kier molecular flexibility index (Phi) is 4.41. The largest absolute Gasteiger partial charge is 0.459 e. The van der Waals surface area contributed by atoms with E-state index < -0.39 is 5.54 Å². The molecular weight excluding hydrogens is 330 g/mol. The summed E-state index contributed by atoms with van der Waals surface area (Å²) in [6, 6.07) is 13.2. The van der Waals surface area contributed by atoms with E-state index in [0.29, 0.717) is 31.7 Å². The van der Waals surface area contributed by atoms with Crippen LogP contribution in [0.3, 0.4) is 0 Å². The second-order valence-corrected chi connectivity index (χ2v) is 6.99. The lowest BCUT2D eigenvalue weighted by molar-refractivity contribution is -0.141. The van der Waals surface area contributed by atoms with Gasteiger partial charge in [0.25, 0.3) is 5.91 Å². The summed E-state index contributed by atoms with van der Waals surface area (Å²) >= 11 is 0. The second kappa shape index (κ2) is 6.86. The summed E-state index contributed by atoms with van der Waals surface area (Å²) in [5, 5.41) is 3.48. The zero-order chi connectivity index (χ0) is 18.0. The van der Waals surface area contributed by atoms with Gasteiger partial charge >= 0.3 is 0 Å². The summed E-state index contributed by atoms with van der Waals surface area (Å²) in [5.74, 6) is 0.389. The number of nitrogens with zero attached hydrogens (tertiary/aromatic N) is 2. The smallest absolute Gasteiger partial charge is 0.289 e. The highest BCUT2D eigenvalue weighted by Crippen LogP contribution is 2.31. The van der Waals surface area contributed by atoms with E-state index in [1.165, 1.54) is 6.26 Å². The average Bonchev–Trinajstić information content (AvgIpc) is 3.16. The van der Waals surface area contributed by atoms with E-state index in [4.69, 9.17) is 4.42 Å². The first kappa shape index (κ1) is 16.7. The highest BCUT2D eigenvalue weighted by molar-refractivity contribution is 5.93. The Hall–Kier alpha value is -2.76. The minimum Gasteiger partial charge on any atom is -0.459 e. The van der Waals surface area contributed by atoms with Crippen LogP contribution >= 0.6 is 0 Å². The first-order valence-corrected chi connectivity index (χ1v) is 9.13. The van der Waals surface area contributed by atoms with Gasteiger partial charge in [-0.05, 0) is 43.5 Å². The number of furan rings is 1. The lowest BCUT2D eigenvalue weighted by Crippen LogP contribution is -2.62. The molecule has 6 nitrogen and oxygen atoms in total. The molecular formula is C20H23N3O3. The molecule has 136 valence electrons. The van der Waals surface area contributed by atoms with Gasteiger partial charge in [-0.15, -0.1) is 0 Å². The third-order valence-corrected chi connectivity index (χ3v) is 5.35. The maximum atomic E-state index is 13.2. The Bertz CT molecular complexity index is 761. The van der Waals surface area contributed by atoms with Crippen LogP contribution in [0.15, 0.2) is 53.1 Å². The van der Waals surface area contributed by atoms with E-state index >= 15 is 0 Å². The highest BCUT2D eigenvalue weighted by Gasteiger charge is 2.45. The van der Waals surface area contributed by atoms with Crippen LogP contribution in [-0.4, -0.2) is 53.3 Å². The van der Waals surface area contributed by atoms with Crippen molar-refractivity contribution in [1.82, 2.24) is 9.80 Å². The minimum atomic E-state index is -0.651. The normalized spacial score (nSPS) is 18.9. The van der Waals surface area contributed by atoms with E-state index in [1.807, 2.05) is 35.2 Å². The van der Waals surface area contributed by atoms with Crippen LogP contribution in [0.5, 0.6) is 0 Å². The molecule has 0 radical (unpaired) electrons. The lowest BCUT2D eigenvalue weighted by atomic mass is 9.84. The molecule has 0 aliphatic carbocycles. The quantitative estimate of drug-likeness (QED) is 0.918. The van der Waals surface area contributed by atoms with Gasteiger partial charge in [0.1, 0.15) is 5.54 Å². The van der Waals surface area contributed by atoms with E-state index in [-0.39, 0.29) is 11.8 Å². The molecule has 0 spiro atoms. The van der Waals surface area contributed by atoms with Gasteiger partial charge in [0.05, 0.1) is 6.26 Å². The third-order valence-electron chi connectivity index (χ3n) is 5.35. The van der Waals surface area contributed by atoms with Crippen LogP contribution in [-0.2, 0) is 4.79 Å². The molecule has 2 saturated heterocycles. The predicted octanol–water partition coefficient (Wildman–Crippen LogP) is 2.60. The number of rotatable bonds is 4. The number of nitrogens with one attached hydrogen (secondary N) is 1. The number of likely N-dealkylation sites (tertiary alicyclic amines) is 2. The van der Waals surface area contributed by atoms with Crippen molar-refractivity contribution in [3.63, 3.8) is 0 Å². The molecule has 1 aromatic carbocycles. The topological polar surface area (TPSA) is 65.8 Å². The van der Waals surface area contributed by atoms with Crippen LogP contribution in [0, 0.1) is 0 Å². The summed E-state index contributed by atoms with van der Waals surface area (Å²) in [7, 11) is 0. The van der Waals surface area contributed by atoms with E-state index in [2.05, 4.69) is 5.32 Å². The number of hydrogen-bond donors (Lipinski definition) is 1. The molecule has 0 saturated carbocycles. The number of hydrogen-bond acceptors (Lipinski definition) is 4. The molecule has 4 rings (SSSR count). The molecule has 0 bridgehead atoms. The molecule has 6 heteroatoms. The Labute approximate surface area is 152 Å². The molecule has 0 unspecified atom stereocenters. The monoisotopic (exact) mass is 353 g/mol. The summed E-state index contributed by atoms with van der Waals surface area (Å²) in [5.41, 5.74) is 0.286. The Morgan fingerprint density at radius 1 is 0.923 bits per heavy atom. The van der Waals surface area contributed by atoms with E-state index in [0.717, 1.165) is 25.2 Å². The third kappa shape index (κ3) is 3.07. The fourth-order valence-corrected chi connectivity index (χ4v) is 3.66. The highest BCUT2D eigenvalue weighted by atomic mass is 16.3. The molecule has 1 aromatic heterocycles. The summed E-state index contributed by atoms with van der Waals surface area (Å²) in [4.78, 5) is 29.4. The first-order valence-electron chi connectivity index (χ1n) is 9.13. The van der Waals surface area contributed by atoms with Crippen molar-refractivity contribution in [2.75, 3.05) is 31.5 Å². The van der Waals surface area contributed by atoms with Crippen LogP contribution < -0.4 is 5.32 Å². The average molecular weight is 353 g/mol. The molecule has 2 aliphatic heterocycles. The zero-order valence-corrected chi connectivity index (χ0v) is 14.7. The van der Waals surface area contributed by atoms with Gasteiger partial charge in [-0.2, -0.15) is 0 Å². The number of benzene rings is 1. The van der Waals surface area contributed by atoms with Gasteiger partial charge in [0.2, 0.25) is 5.91 Å². The van der Waals surface area contributed by atoms with Gasteiger partial charge in [0.15, 0.2) is 5.76 Å². The molecule has 1 N–H and O–H groups in total. The maximum absolute atomic E-state index is 13.2. The summed E-state index contributed by atoms with van der Waals surface area (Å²) < 4.78 is 5.23. The van der Waals surface area contributed by atoms with Gasteiger partial charge in [-0.3, -0.25) is 9.59 Å². The Balaban J connectivity index is 1.51. The van der Waals surface area contributed by atoms with Crippen LogP contribution in [0.2, 0.25) is 0 Å².